The van der Waals surface area contributed by atoms with Crippen LogP contribution in [0.15, 0.2) is 34.9 Å². The van der Waals surface area contributed by atoms with E-state index >= 15 is 0 Å². The number of nitrogens with zero attached hydrogens (tertiary/aromatic N) is 2. The minimum atomic E-state index is -3.69. The van der Waals surface area contributed by atoms with Crippen molar-refractivity contribution in [2.75, 3.05) is 22.4 Å². The molecule has 0 saturated heterocycles. The highest BCUT2D eigenvalue weighted by Crippen LogP contribution is 2.21. The lowest BCUT2D eigenvalue weighted by molar-refractivity contribution is -0.114. The van der Waals surface area contributed by atoms with Gasteiger partial charge in [0.05, 0.1) is 17.0 Å². The number of amides is 1. The maximum atomic E-state index is 12.1. The number of carbonyl (C=O) groups excluding carboxylic acids is 1. The fourth-order valence-electron chi connectivity index (χ4n) is 1.72. The van der Waals surface area contributed by atoms with E-state index in [1.54, 1.807) is 31.2 Å². The lowest BCUT2D eigenvalue weighted by Crippen LogP contribution is -2.37. The summed E-state index contributed by atoms with van der Waals surface area (Å²) in [6, 6.07) is 8.09. The van der Waals surface area contributed by atoms with Gasteiger partial charge in [0.1, 0.15) is 12.3 Å². The van der Waals surface area contributed by atoms with Crippen molar-refractivity contribution in [3.63, 3.8) is 0 Å². The summed E-state index contributed by atoms with van der Waals surface area (Å²) in [5, 5.41) is 6.54. The van der Waals surface area contributed by atoms with E-state index in [2.05, 4.69) is 10.5 Å². The van der Waals surface area contributed by atoms with E-state index in [4.69, 9.17) is 16.1 Å². The van der Waals surface area contributed by atoms with E-state index in [9.17, 15) is 13.2 Å². The van der Waals surface area contributed by atoms with Gasteiger partial charge in [-0.05, 0) is 19.1 Å². The van der Waals surface area contributed by atoms with Crippen molar-refractivity contribution >= 4 is 39.0 Å². The molecule has 2 aromatic rings. The van der Waals surface area contributed by atoms with E-state index in [0.717, 1.165) is 10.6 Å². The van der Waals surface area contributed by atoms with Gasteiger partial charge in [0.15, 0.2) is 5.82 Å². The quantitative estimate of drug-likeness (QED) is 0.896. The first-order valence-corrected chi connectivity index (χ1v) is 8.45. The smallest absolute Gasteiger partial charge is 0.245 e. The predicted molar refractivity (Wildman–Crippen MR) is 83.5 cm³/mol. The third-order valence-corrected chi connectivity index (χ3v) is 4.15. The van der Waals surface area contributed by atoms with E-state index in [0.29, 0.717) is 16.5 Å². The monoisotopic (exact) mass is 343 g/mol. The largest absolute Gasteiger partial charge is 0.360 e. The number of hydrogen-bond donors (Lipinski definition) is 1. The number of benzene rings is 1. The third-order valence-electron chi connectivity index (χ3n) is 2.71. The number of carbonyl (C=O) groups is 1. The molecule has 0 aliphatic rings. The van der Waals surface area contributed by atoms with E-state index in [1.165, 1.54) is 6.07 Å². The fraction of sp³-hybridized carbons (Fsp3) is 0.231. The molecule has 1 N–H and O–H groups in total. The van der Waals surface area contributed by atoms with Crippen LogP contribution in [0.1, 0.15) is 5.76 Å². The molecule has 22 heavy (non-hydrogen) atoms. The van der Waals surface area contributed by atoms with E-state index < -0.39 is 22.5 Å². The van der Waals surface area contributed by atoms with Crippen molar-refractivity contribution in [3.05, 3.63) is 41.1 Å². The molecule has 0 aliphatic heterocycles. The van der Waals surface area contributed by atoms with Crippen LogP contribution in [-0.2, 0) is 14.8 Å². The van der Waals surface area contributed by atoms with Crippen LogP contribution in [0.5, 0.6) is 0 Å². The molecule has 1 amide bonds. The second-order valence-electron chi connectivity index (χ2n) is 4.59. The zero-order valence-electron chi connectivity index (χ0n) is 11.9. The Morgan fingerprint density at radius 3 is 2.64 bits per heavy atom. The van der Waals surface area contributed by atoms with Gasteiger partial charge in [-0.3, -0.25) is 4.79 Å². The van der Waals surface area contributed by atoms with Crippen LogP contribution >= 0.6 is 11.6 Å². The molecule has 0 saturated carbocycles. The molecule has 1 aromatic carbocycles. The second-order valence-corrected chi connectivity index (χ2v) is 6.91. The zero-order valence-corrected chi connectivity index (χ0v) is 13.5. The minimum absolute atomic E-state index is 0.0503. The van der Waals surface area contributed by atoms with Crippen LogP contribution in [0.2, 0.25) is 5.02 Å². The molecule has 0 atom stereocenters. The summed E-state index contributed by atoms with van der Waals surface area (Å²) in [5.41, 5.74) is 0.402. The number of halogens is 1. The maximum absolute atomic E-state index is 12.1. The van der Waals surface area contributed by atoms with Crippen molar-refractivity contribution < 1.29 is 17.7 Å². The van der Waals surface area contributed by atoms with Crippen LogP contribution < -0.4 is 9.62 Å². The van der Waals surface area contributed by atoms with Crippen LogP contribution in [0, 0.1) is 6.92 Å². The Balaban J connectivity index is 2.18. The molecule has 0 unspecified atom stereocenters. The molecular formula is C13H14ClN3O4S. The van der Waals surface area contributed by atoms with Crippen LogP contribution in [-0.4, -0.2) is 32.3 Å². The molecule has 0 fully saturated rings. The Labute approximate surface area is 132 Å². The summed E-state index contributed by atoms with van der Waals surface area (Å²) in [6.45, 7) is 1.19. The molecule has 0 bridgehead atoms. The Hall–Kier alpha value is -2.06. The van der Waals surface area contributed by atoms with Crippen molar-refractivity contribution in [1.29, 1.82) is 0 Å². The first kappa shape index (κ1) is 16.3. The highest BCUT2D eigenvalue weighted by molar-refractivity contribution is 7.92. The maximum Gasteiger partial charge on any atom is 0.245 e. The SMILES string of the molecule is Cc1cc(N(CC(=O)Nc2ccccc2Cl)S(C)(=O)=O)no1. The Morgan fingerprint density at radius 2 is 2.09 bits per heavy atom. The number of nitrogens with one attached hydrogen (secondary N) is 1. The number of anilines is 2. The first-order valence-electron chi connectivity index (χ1n) is 6.23. The lowest BCUT2D eigenvalue weighted by Gasteiger charge is -2.18. The zero-order chi connectivity index (χ0) is 16.3. The molecule has 118 valence electrons. The van der Waals surface area contributed by atoms with Crippen LogP contribution in [0.25, 0.3) is 0 Å². The Bertz CT molecular complexity index is 788. The average molecular weight is 344 g/mol. The average Bonchev–Trinajstić information content (AvgIpc) is 2.84. The summed E-state index contributed by atoms with van der Waals surface area (Å²) in [7, 11) is -3.69. The molecule has 0 aliphatic carbocycles. The number of hydrogen-bond acceptors (Lipinski definition) is 5. The number of aryl methyl sites for hydroxylation is 1. The van der Waals surface area contributed by atoms with E-state index in [-0.39, 0.29) is 5.82 Å². The van der Waals surface area contributed by atoms with Gasteiger partial charge in [-0.1, -0.05) is 28.9 Å². The molecule has 0 radical (unpaired) electrons. The molecule has 0 spiro atoms. The molecule has 9 heteroatoms. The standard InChI is InChI=1S/C13H14ClN3O4S/c1-9-7-12(16-21-9)17(22(2,19)20)8-13(18)15-11-6-4-3-5-10(11)14/h3-7H,8H2,1-2H3,(H,15,18). The summed E-state index contributed by atoms with van der Waals surface area (Å²) in [6.07, 6.45) is 0.986. The first-order chi connectivity index (χ1) is 10.3. The minimum Gasteiger partial charge on any atom is -0.360 e. The lowest BCUT2D eigenvalue weighted by atomic mass is 10.3. The van der Waals surface area contributed by atoms with Crippen molar-refractivity contribution in [3.8, 4) is 0 Å². The number of para-hydroxylation sites is 1. The van der Waals surface area contributed by atoms with Gasteiger partial charge in [-0.2, -0.15) is 0 Å². The van der Waals surface area contributed by atoms with Gasteiger partial charge in [0.2, 0.25) is 15.9 Å². The van der Waals surface area contributed by atoms with Crippen molar-refractivity contribution in [2.24, 2.45) is 0 Å². The summed E-state index contributed by atoms with van der Waals surface area (Å²) in [4.78, 5) is 12.1. The topological polar surface area (TPSA) is 92.5 Å². The second kappa shape index (κ2) is 6.37. The summed E-state index contributed by atoms with van der Waals surface area (Å²) < 4.78 is 29.4. The van der Waals surface area contributed by atoms with Gasteiger partial charge in [-0.15, -0.1) is 0 Å². The van der Waals surface area contributed by atoms with Crippen LogP contribution in [0.3, 0.4) is 0 Å². The Kier molecular flexibility index (Phi) is 4.72. The van der Waals surface area contributed by atoms with Gasteiger partial charge in [0, 0.05) is 6.07 Å². The molecule has 7 nitrogen and oxygen atoms in total. The molecule has 1 aromatic heterocycles. The number of sulfonamides is 1. The van der Waals surface area contributed by atoms with Gasteiger partial charge in [-0.25, -0.2) is 12.7 Å². The highest BCUT2D eigenvalue weighted by atomic mass is 35.5. The normalized spacial score (nSPS) is 11.2. The van der Waals surface area contributed by atoms with Gasteiger partial charge < -0.3 is 9.84 Å². The Morgan fingerprint density at radius 1 is 1.41 bits per heavy atom. The summed E-state index contributed by atoms with van der Waals surface area (Å²) in [5.74, 6) is -0.0522. The third kappa shape index (κ3) is 3.99. The number of aromatic nitrogens is 1. The van der Waals surface area contributed by atoms with Crippen LogP contribution in [0.4, 0.5) is 11.5 Å². The molecule has 2 rings (SSSR count). The number of rotatable bonds is 5. The molecular weight excluding hydrogens is 330 g/mol. The molecule has 1 heterocycles. The fourth-order valence-corrected chi connectivity index (χ4v) is 2.68. The highest BCUT2D eigenvalue weighted by Gasteiger charge is 2.24. The predicted octanol–water partition coefficient (Wildman–Crippen LogP) is 2.04. The summed E-state index contributed by atoms with van der Waals surface area (Å²) >= 11 is 5.94. The van der Waals surface area contributed by atoms with Crippen molar-refractivity contribution in [2.45, 2.75) is 6.92 Å². The van der Waals surface area contributed by atoms with Gasteiger partial charge in [0.25, 0.3) is 0 Å². The van der Waals surface area contributed by atoms with Crippen molar-refractivity contribution in [1.82, 2.24) is 5.16 Å². The van der Waals surface area contributed by atoms with Gasteiger partial charge >= 0.3 is 0 Å². The van der Waals surface area contributed by atoms with E-state index in [1.807, 2.05) is 0 Å².